The summed E-state index contributed by atoms with van der Waals surface area (Å²) in [5.74, 6) is 0.599. The maximum Gasteiger partial charge on any atom is 0.326 e. The van der Waals surface area contributed by atoms with E-state index in [-0.39, 0.29) is 16.5 Å². The van der Waals surface area contributed by atoms with E-state index in [0.29, 0.717) is 35.7 Å². The highest BCUT2D eigenvalue weighted by molar-refractivity contribution is 7.89. The van der Waals surface area contributed by atoms with Gasteiger partial charge in [0.2, 0.25) is 0 Å². The quantitative estimate of drug-likeness (QED) is 0.536. The fourth-order valence-corrected chi connectivity index (χ4v) is 5.74. The average Bonchev–Trinajstić information content (AvgIpc) is 3.12. The average molecular weight is 467 g/mol. The highest BCUT2D eigenvalue weighted by atomic mass is 32.2. The molecule has 0 fully saturated rings. The van der Waals surface area contributed by atoms with Gasteiger partial charge in [0.15, 0.2) is 0 Å². The van der Waals surface area contributed by atoms with E-state index in [1.807, 2.05) is 38.1 Å². The van der Waals surface area contributed by atoms with Crippen LogP contribution >= 0.6 is 0 Å². The Morgan fingerprint density at radius 3 is 2.61 bits per heavy atom. The van der Waals surface area contributed by atoms with Crippen LogP contribution in [0.4, 0.5) is 0 Å². The molecule has 174 valence electrons. The van der Waals surface area contributed by atoms with Crippen molar-refractivity contribution in [2.45, 2.75) is 45.1 Å². The Morgan fingerprint density at radius 2 is 1.97 bits per heavy atom. The molecular formula is C25H30N4O3S. The zero-order valence-corrected chi connectivity index (χ0v) is 20.0. The predicted molar refractivity (Wildman–Crippen MR) is 130 cm³/mol. The SMILES string of the molecule is CCC1C=CC(N(CC(C)C)S(=O)(=O)c2ccc3c(c2)[nH]c(=O)n3Cc2ccncc2)=CC1. The summed E-state index contributed by atoms with van der Waals surface area (Å²) in [5.41, 5.74) is 2.53. The molecule has 0 amide bonds. The molecule has 4 rings (SSSR count). The van der Waals surface area contributed by atoms with Gasteiger partial charge in [0.1, 0.15) is 0 Å². The highest BCUT2D eigenvalue weighted by Gasteiger charge is 2.28. The molecule has 0 spiro atoms. The predicted octanol–water partition coefficient (Wildman–Crippen LogP) is 4.29. The molecule has 0 aliphatic heterocycles. The number of benzene rings is 1. The number of nitrogens with zero attached hydrogens (tertiary/aromatic N) is 3. The third kappa shape index (κ3) is 4.80. The first kappa shape index (κ1) is 23.0. The van der Waals surface area contributed by atoms with Gasteiger partial charge in [-0.1, -0.05) is 32.9 Å². The number of nitrogens with one attached hydrogen (secondary N) is 1. The van der Waals surface area contributed by atoms with Crippen LogP contribution in [0.5, 0.6) is 0 Å². The molecule has 0 radical (unpaired) electrons. The molecule has 1 N–H and O–H groups in total. The van der Waals surface area contributed by atoms with Crippen LogP contribution in [-0.2, 0) is 16.6 Å². The smallest absolute Gasteiger partial charge is 0.305 e. The minimum absolute atomic E-state index is 0.156. The first-order valence-corrected chi connectivity index (χ1v) is 12.8. The van der Waals surface area contributed by atoms with E-state index in [0.717, 1.165) is 18.4 Å². The van der Waals surface area contributed by atoms with Crippen molar-refractivity contribution in [3.63, 3.8) is 0 Å². The normalized spacial score (nSPS) is 16.4. The molecular weight excluding hydrogens is 436 g/mol. The lowest BCUT2D eigenvalue weighted by molar-refractivity contribution is 0.425. The Balaban J connectivity index is 1.71. The van der Waals surface area contributed by atoms with Gasteiger partial charge in [-0.2, -0.15) is 0 Å². The van der Waals surface area contributed by atoms with Crippen molar-refractivity contribution < 1.29 is 8.42 Å². The molecule has 1 aromatic carbocycles. The summed E-state index contributed by atoms with van der Waals surface area (Å²) in [6, 6.07) is 8.55. The van der Waals surface area contributed by atoms with Crippen molar-refractivity contribution >= 4 is 21.1 Å². The van der Waals surface area contributed by atoms with E-state index in [9.17, 15) is 13.2 Å². The highest BCUT2D eigenvalue weighted by Crippen LogP contribution is 2.28. The third-order valence-corrected chi connectivity index (χ3v) is 7.73. The molecule has 2 aromatic heterocycles. The fraction of sp³-hybridized carbons (Fsp3) is 0.360. The summed E-state index contributed by atoms with van der Waals surface area (Å²) in [6.07, 6.45) is 11.2. The van der Waals surface area contributed by atoms with E-state index < -0.39 is 10.0 Å². The number of aromatic amines is 1. The second-order valence-corrected chi connectivity index (χ2v) is 10.7. The van der Waals surface area contributed by atoms with E-state index in [2.05, 4.69) is 23.0 Å². The van der Waals surface area contributed by atoms with E-state index in [1.165, 1.54) is 4.31 Å². The molecule has 0 saturated carbocycles. The number of H-pyrrole nitrogens is 1. The minimum atomic E-state index is -3.80. The summed E-state index contributed by atoms with van der Waals surface area (Å²) in [4.78, 5) is 19.6. The van der Waals surface area contributed by atoms with Gasteiger partial charge in [-0.3, -0.25) is 13.9 Å². The van der Waals surface area contributed by atoms with Crippen LogP contribution in [0.15, 0.2) is 76.3 Å². The van der Waals surface area contributed by atoms with E-state index in [4.69, 9.17) is 0 Å². The molecule has 1 unspecified atom stereocenters. The Morgan fingerprint density at radius 1 is 1.21 bits per heavy atom. The van der Waals surface area contributed by atoms with Crippen LogP contribution in [0.3, 0.4) is 0 Å². The molecule has 3 aromatic rings. The summed E-state index contributed by atoms with van der Waals surface area (Å²) < 4.78 is 30.5. The molecule has 2 heterocycles. The molecule has 0 bridgehead atoms. The van der Waals surface area contributed by atoms with Crippen molar-refractivity contribution in [3.8, 4) is 0 Å². The van der Waals surface area contributed by atoms with E-state index in [1.54, 1.807) is 35.2 Å². The number of aromatic nitrogens is 3. The van der Waals surface area contributed by atoms with Gasteiger partial charge in [0, 0.05) is 24.6 Å². The molecule has 8 heteroatoms. The van der Waals surface area contributed by atoms with Crippen LogP contribution in [-0.4, -0.2) is 33.8 Å². The lowest BCUT2D eigenvalue weighted by atomic mass is 9.97. The lowest BCUT2D eigenvalue weighted by Gasteiger charge is -2.29. The summed E-state index contributed by atoms with van der Waals surface area (Å²) in [7, 11) is -3.80. The minimum Gasteiger partial charge on any atom is -0.305 e. The van der Waals surface area contributed by atoms with Crippen LogP contribution in [0.1, 0.15) is 39.2 Å². The van der Waals surface area contributed by atoms with Crippen LogP contribution in [0.2, 0.25) is 0 Å². The number of hydrogen-bond donors (Lipinski definition) is 1. The van der Waals surface area contributed by atoms with Crippen molar-refractivity contribution in [1.82, 2.24) is 18.8 Å². The monoisotopic (exact) mass is 466 g/mol. The number of imidazole rings is 1. The number of rotatable bonds is 8. The first-order chi connectivity index (χ1) is 15.8. The molecule has 1 aliphatic rings. The van der Waals surface area contributed by atoms with Crippen LogP contribution < -0.4 is 5.69 Å². The van der Waals surface area contributed by atoms with E-state index >= 15 is 0 Å². The maximum absolute atomic E-state index is 13.7. The standard InChI is InChI=1S/C25H30N4O3S/c1-4-19-5-7-21(8-6-19)29(16-18(2)3)33(31,32)22-9-10-24-23(15-22)27-25(30)28(24)17-20-11-13-26-14-12-20/h5,7-15,18-19H,4,6,16-17H2,1-3H3,(H,27,30). The van der Waals surface area contributed by atoms with Gasteiger partial charge < -0.3 is 4.98 Å². The number of pyridine rings is 1. The second kappa shape index (κ2) is 9.39. The van der Waals surface area contributed by atoms with Crippen LogP contribution in [0, 0.1) is 11.8 Å². The van der Waals surface area contributed by atoms with Crippen molar-refractivity contribution in [3.05, 3.63) is 82.7 Å². The summed E-state index contributed by atoms with van der Waals surface area (Å²) in [5, 5.41) is 0. The Hall–Kier alpha value is -3.13. The summed E-state index contributed by atoms with van der Waals surface area (Å²) in [6.45, 7) is 6.90. The van der Waals surface area contributed by atoms with Gasteiger partial charge in [-0.05, 0) is 66.6 Å². The van der Waals surface area contributed by atoms with Crippen molar-refractivity contribution in [2.24, 2.45) is 11.8 Å². The van der Waals surface area contributed by atoms with Crippen molar-refractivity contribution in [2.75, 3.05) is 6.54 Å². The maximum atomic E-state index is 13.7. The number of allylic oxidation sites excluding steroid dienone is 3. The van der Waals surface area contributed by atoms with Gasteiger partial charge >= 0.3 is 5.69 Å². The Bertz CT molecular complexity index is 1350. The second-order valence-electron chi connectivity index (χ2n) is 8.87. The largest absolute Gasteiger partial charge is 0.326 e. The molecule has 7 nitrogen and oxygen atoms in total. The Labute approximate surface area is 194 Å². The number of sulfonamides is 1. The third-order valence-electron chi connectivity index (χ3n) is 5.94. The van der Waals surface area contributed by atoms with Gasteiger partial charge in [-0.25, -0.2) is 13.2 Å². The van der Waals surface area contributed by atoms with Crippen molar-refractivity contribution in [1.29, 1.82) is 0 Å². The van der Waals surface area contributed by atoms with Crippen LogP contribution in [0.25, 0.3) is 11.0 Å². The van der Waals surface area contributed by atoms with Gasteiger partial charge in [-0.15, -0.1) is 0 Å². The topological polar surface area (TPSA) is 88.1 Å². The fourth-order valence-electron chi connectivity index (χ4n) is 4.07. The molecule has 0 saturated heterocycles. The molecule has 33 heavy (non-hydrogen) atoms. The number of hydrogen-bond acceptors (Lipinski definition) is 4. The molecule has 1 aliphatic carbocycles. The lowest BCUT2D eigenvalue weighted by Crippen LogP contribution is -2.33. The molecule has 1 atom stereocenters. The number of fused-ring (bicyclic) bond motifs is 1. The van der Waals surface area contributed by atoms with Gasteiger partial charge in [0.05, 0.1) is 22.5 Å². The summed E-state index contributed by atoms with van der Waals surface area (Å²) >= 11 is 0. The van der Waals surface area contributed by atoms with Gasteiger partial charge in [0.25, 0.3) is 10.0 Å². The zero-order valence-electron chi connectivity index (χ0n) is 19.2. The Kier molecular flexibility index (Phi) is 6.56. The first-order valence-electron chi connectivity index (χ1n) is 11.3. The zero-order chi connectivity index (χ0) is 23.6.